The van der Waals surface area contributed by atoms with Crippen molar-refractivity contribution in [2.24, 2.45) is 0 Å². The smallest absolute Gasteiger partial charge is 0.270 e. The number of piperazine rings is 1. The van der Waals surface area contributed by atoms with Crippen LogP contribution in [0.1, 0.15) is 10.5 Å². The molecule has 6 nitrogen and oxygen atoms in total. The highest BCUT2D eigenvalue weighted by Crippen LogP contribution is 2.16. The quantitative estimate of drug-likeness (QED) is 0.778. The summed E-state index contributed by atoms with van der Waals surface area (Å²) in [7, 11) is 2.15. The topological polar surface area (TPSA) is 50.1 Å². The second kappa shape index (κ2) is 6.64. The van der Waals surface area contributed by atoms with Gasteiger partial charge in [-0.05, 0) is 24.7 Å². The van der Waals surface area contributed by atoms with Crippen molar-refractivity contribution < 1.29 is 9.53 Å². The molecule has 2 aromatic heterocycles. The lowest BCUT2D eigenvalue weighted by molar-refractivity contribution is 0.107. The number of likely N-dealkylation sites (N-methyl/N-ethyl adjacent to an activating group) is 1. The number of hydrogen-bond acceptors (Lipinski definition) is 5. The van der Waals surface area contributed by atoms with Crippen LogP contribution in [-0.4, -0.2) is 70.8 Å². The van der Waals surface area contributed by atoms with Gasteiger partial charge in [0, 0.05) is 45.0 Å². The molecule has 2 aromatic rings. The van der Waals surface area contributed by atoms with E-state index in [1.807, 2.05) is 12.1 Å². The zero-order valence-electron chi connectivity index (χ0n) is 12.5. The van der Waals surface area contributed by atoms with Crippen molar-refractivity contribution in [2.45, 2.75) is 0 Å². The number of hydrogen-bond donors (Lipinski definition) is 0. The van der Waals surface area contributed by atoms with Gasteiger partial charge in [-0.25, -0.2) is 4.98 Å². The molecule has 1 fully saturated rings. The summed E-state index contributed by atoms with van der Waals surface area (Å²) in [6, 6.07) is 3.63. The van der Waals surface area contributed by atoms with Crippen molar-refractivity contribution in [3.8, 4) is 5.75 Å². The third-order valence-corrected chi connectivity index (χ3v) is 4.15. The van der Waals surface area contributed by atoms with E-state index < -0.39 is 5.24 Å². The number of carbonyl (C=O) groups is 1. The highest BCUT2D eigenvalue weighted by atomic mass is 35.5. The van der Waals surface area contributed by atoms with Gasteiger partial charge in [-0.15, -0.1) is 0 Å². The van der Waals surface area contributed by atoms with Crippen LogP contribution in [0.3, 0.4) is 0 Å². The Balaban J connectivity index is 1.57. The van der Waals surface area contributed by atoms with E-state index in [9.17, 15) is 4.79 Å². The van der Waals surface area contributed by atoms with Crippen LogP contribution < -0.4 is 4.74 Å². The first-order chi connectivity index (χ1) is 10.6. The van der Waals surface area contributed by atoms with E-state index >= 15 is 0 Å². The molecule has 3 heterocycles. The SMILES string of the molecule is CN1CCN(CCOc2ccn3c(C(=O)Cl)cnc3c2)CC1. The number of imidazole rings is 1. The molecule has 0 aromatic carbocycles. The molecule has 3 rings (SSSR count). The van der Waals surface area contributed by atoms with Gasteiger partial charge in [-0.1, -0.05) is 0 Å². The maximum absolute atomic E-state index is 11.2. The number of nitrogens with zero attached hydrogens (tertiary/aromatic N) is 4. The zero-order valence-corrected chi connectivity index (χ0v) is 13.3. The molecule has 22 heavy (non-hydrogen) atoms. The Morgan fingerprint density at radius 3 is 2.86 bits per heavy atom. The normalized spacial score (nSPS) is 17.0. The molecule has 0 N–H and O–H groups in total. The molecule has 0 aliphatic carbocycles. The van der Waals surface area contributed by atoms with Crippen LogP contribution >= 0.6 is 11.6 Å². The predicted molar refractivity (Wildman–Crippen MR) is 84.8 cm³/mol. The third-order valence-electron chi connectivity index (χ3n) is 3.96. The van der Waals surface area contributed by atoms with E-state index in [1.165, 1.54) is 6.20 Å². The van der Waals surface area contributed by atoms with E-state index in [0.717, 1.165) is 38.5 Å². The van der Waals surface area contributed by atoms with Gasteiger partial charge in [0.2, 0.25) is 0 Å². The highest BCUT2D eigenvalue weighted by Gasteiger charge is 2.13. The minimum absolute atomic E-state index is 0.362. The number of carbonyl (C=O) groups excluding carboxylic acids is 1. The van der Waals surface area contributed by atoms with Crippen LogP contribution in [-0.2, 0) is 0 Å². The average molecular weight is 323 g/mol. The van der Waals surface area contributed by atoms with Gasteiger partial charge in [-0.3, -0.25) is 14.1 Å². The largest absolute Gasteiger partial charge is 0.492 e. The Morgan fingerprint density at radius 2 is 2.14 bits per heavy atom. The Labute approximate surface area is 134 Å². The van der Waals surface area contributed by atoms with Crippen molar-refractivity contribution in [3.05, 3.63) is 30.2 Å². The average Bonchev–Trinajstić information content (AvgIpc) is 2.92. The summed E-state index contributed by atoms with van der Waals surface area (Å²) >= 11 is 5.50. The number of fused-ring (bicyclic) bond motifs is 1. The van der Waals surface area contributed by atoms with Crippen LogP contribution in [0.2, 0.25) is 0 Å². The Hall–Kier alpha value is -1.63. The third kappa shape index (κ3) is 3.40. The van der Waals surface area contributed by atoms with Gasteiger partial charge in [0.15, 0.2) is 0 Å². The fourth-order valence-corrected chi connectivity index (χ4v) is 2.70. The summed E-state index contributed by atoms with van der Waals surface area (Å²) < 4.78 is 7.44. The van der Waals surface area contributed by atoms with Crippen molar-refractivity contribution in [2.75, 3.05) is 46.4 Å². The van der Waals surface area contributed by atoms with Crippen molar-refractivity contribution in [1.29, 1.82) is 0 Å². The Bertz CT molecular complexity index is 665. The first-order valence-corrected chi connectivity index (χ1v) is 7.72. The number of rotatable bonds is 5. The predicted octanol–water partition coefficient (Wildman–Crippen LogP) is 1.34. The summed E-state index contributed by atoms with van der Waals surface area (Å²) in [6.07, 6.45) is 3.22. The molecule has 0 spiro atoms. The van der Waals surface area contributed by atoms with Crippen LogP contribution in [0.5, 0.6) is 5.75 Å². The standard InChI is InChI=1S/C15H19ClN4O2/c1-18-4-6-19(7-5-18)8-9-22-12-2-3-20-13(15(16)21)11-17-14(20)10-12/h2-3,10-11H,4-9H2,1H3. The van der Waals surface area contributed by atoms with E-state index in [2.05, 4.69) is 21.8 Å². The number of aromatic nitrogens is 2. The molecular formula is C15H19ClN4O2. The van der Waals surface area contributed by atoms with Gasteiger partial charge in [-0.2, -0.15) is 0 Å². The van der Waals surface area contributed by atoms with Crippen LogP contribution in [0, 0.1) is 0 Å². The lowest BCUT2D eigenvalue weighted by Crippen LogP contribution is -2.45. The van der Waals surface area contributed by atoms with E-state index in [0.29, 0.717) is 17.9 Å². The summed E-state index contributed by atoms with van der Waals surface area (Å²) in [5.41, 5.74) is 1.02. The van der Waals surface area contributed by atoms with Crippen LogP contribution in [0.4, 0.5) is 0 Å². The molecule has 1 aliphatic rings. The molecule has 0 saturated carbocycles. The Morgan fingerprint density at radius 1 is 1.36 bits per heavy atom. The Kier molecular flexibility index (Phi) is 4.61. The first-order valence-electron chi connectivity index (χ1n) is 7.34. The summed E-state index contributed by atoms with van der Waals surface area (Å²) in [5, 5.41) is -0.517. The molecule has 0 amide bonds. The highest BCUT2D eigenvalue weighted by molar-refractivity contribution is 6.67. The summed E-state index contributed by atoms with van der Waals surface area (Å²) in [4.78, 5) is 20.1. The van der Waals surface area contributed by atoms with Gasteiger partial charge in [0.1, 0.15) is 23.7 Å². The molecule has 118 valence electrons. The van der Waals surface area contributed by atoms with E-state index in [1.54, 1.807) is 10.6 Å². The van der Waals surface area contributed by atoms with Gasteiger partial charge < -0.3 is 9.64 Å². The minimum atomic E-state index is -0.517. The van der Waals surface area contributed by atoms with Gasteiger partial charge >= 0.3 is 0 Å². The molecule has 0 radical (unpaired) electrons. The van der Waals surface area contributed by atoms with Gasteiger partial charge in [0.25, 0.3) is 5.24 Å². The molecule has 1 saturated heterocycles. The van der Waals surface area contributed by atoms with Crippen LogP contribution in [0.15, 0.2) is 24.5 Å². The molecule has 7 heteroatoms. The fraction of sp³-hybridized carbons (Fsp3) is 0.467. The lowest BCUT2D eigenvalue weighted by Gasteiger charge is -2.32. The lowest BCUT2D eigenvalue weighted by atomic mass is 10.3. The summed E-state index contributed by atoms with van der Waals surface area (Å²) in [6.45, 7) is 5.94. The molecule has 0 bridgehead atoms. The second-order valence-corrected chi connectivity index (χ2v) is 5.84. The molecule has 0 atom stereocenters. The maximum Gasteiger partial charge on any atom is 0.270 e. The summed E-state index contributed by atoms with van der Waals surface area (Å²) in [5.74, 6) is 0.751. The molecular weight excluding hydrogens is 304 g/mol. The van der Waals surface area contributed by atoms with Crippen LogP contribution in [0.25, 0.3) is 5.65 Å². The molecule has 1 aliphatic heterocycles. The fourth-order valence-electron chi connectivity index (χ4n) is 2.56. The minimum Gasteiger partial charge on any atom is -0.492 e. The second-order valence-electron chi connectivity index (χ2n) is 5.50. The first kappa shape index (κ1) is 15.3. The van der Waals surface area contributed by atoms with Crippen molar-refractivity contribution in [1.82, 2.24) is 19.2 Å². The number of ether oxygens (including phenoxy) is 1. The molecule has 0 unspecified atom stereocenters. The van der Waals surface area contributed by atoms with Gasteiger partial charge in [0.05, 0.1) is 6.20 Å². The van der Waals surface area contributed by atoms with Crippen molar-refractivity contribution >= 4 is 22.5 Å². The van der Waals surface area contributed by atoms with Crippen molar-refractivity contribution in [3.63, 3.8) is 0 Å². The number of halogens is 1. The maximum atomic E-state index is 11.2. The zero-order chi connectivity index (χ0) is 15.5. The van der Waals surface area contributed by atoms with E-state index in [4.69, 9.17) is 16.3 Å². The monoisotopic (exact) mass is 322 g/mol. The number of pyridine rings is 1. The van der Waals surface area contributed by atoms with E-state index in [-0.39, 0.29) is 0 Å².